The third-order valence-electron chi connectivity index (χ3n) is 7.21. The van der Waals surface area contributed by atoms with E-state index in [4.69, 9.17) is 29.4 Å². The molecule has 2 N–H and O–H groups in total. The number of nitrogens with zero attached hydrogens (tertiary/aromatic N) is 1. The van der Waals surface area contributed by atoms with E-state index in [1.165, 1.54) is 6.07 Å². The maximum absolute atomic E-state index is 14.2. The maximum Gasteiger partial charge on any atom is 0.347 e. The van der Waals surface area contributed by atoms with Crippen LogP contribution in [0.25, 0.3) is 0 Å². The van der Waals surface area contributed by atoms with Gasteiger partial charge in [-0.3, -0.25) is 0 Å². The summed E-state index contributed by atoms with van der Waals surface area (Å²) < 4.78 is 43.3. The van der Waals surface area contributed by atoms with Crippen LogP contribution in [-0.4, -0.2) is 19.2 Å². The molecule has 0 spiro atoms. The van der Waals surface area contributed by atoms with E-state index in [1.807, 2.05) is 6.92 Å². The molecule has 0 amide bonds. The van der Waals surface area contributed by atoms with Gasteiger partial charge in [-0.2, -0.15) is 5.26 Å². The Morgan fingerprint density at radius 2 is 1.73 bits per heavy atom. The molecule has 9 heteroatoms. The molecule has 1 heterocycles. The number of hydrogen-bond acceptors (Lipinski definition) is 8. The number of fused-ring (bicyclic) bond motifs is 1. The van der Waals surface area contributed by atoms with Crippen molar-refractivity contribution in [3.63, 3.8) is 0 Å². The highest BCUT2D eigenvalue weighted by Crippen LogP contribution is 2.45. The van der Waals surface area contributed by atoms with Crippen molar-refractivity contribution < 1.29 is 32.9 Å². The lowest BCUT2D eigenvalue weighted by atomic mass is 9.83. The SMILES string of the molecule is CCCCOc1ccccc1C(=O)Oc1ccc2c(c1)OC(N)=C(C#N)C2c1ccc(OCc2ccccc2F)c(OCC)c1. The number of esters is 1. The maximum atomic E-state index is 14.2. The molecule has 0 saturated heterocycles. The number of carbonyl (C=O) groups excluding carboxylic acids is 1. The van der Waals surface area contributed by atoms with E-state index < -0.39 is 11.9 Å². The number of halogens is 1. The zero-order valence-electron chi connectivity index (χ0n) is 25.0. The monoisotopic (exact) mass is 608 g/mol. The molecule has 4 aromatic rings. The van der Waals surface area contributed by atoms with Crippen LogP contribution in [0.5, 0.6) is 28.7 Å². The standard InChI is InChI=1S/C36H33FN2O6/c1-3-5-18-42-30-13-9-7-11-27(30)36(40)44-25-15-16-26-32(20-25)45-35(39)28(21-38)34(26)23-14-17-31(33(19-23)41-4-2)43-22-24-10-6-8-12-29(24)37/h6-17,19-20,34H,3-5,18,22,39H2,1-2H3. The molecule has 0 radical (unpaired) electrons. The fourth-order valence-corrected chi connectivity index (χ4v) is 4.95. The Morgan fingerprint density at radius 1 is 0.933 bits per heavy atom. The van der Waals surface area contributed by atoms with E-state index in [1.54, 1.807) is 78.9 Å². The first-order valence-electron chi connectivity index (χ1n) is 14.7. The van der Waals surface area contributed by atoms with Crippen molar-refractivity contribution >= 4 is 5.97 Å². The third-order valence-corrected chi connectivity index (χ3v) is 7.21. The van der Waals surface area contributed by atoms with Crippen molar-refractivity contribution in [2.45, 2.75) is 39.2 Å². The highest BCUT2D eigenvalue weighted by atomic mass is 19.1. The van der Waals surface area contributed by atoms with Crippen molar-refractivity contribution in [1.82, 2.24) is 0 Å². The molecule has 0 aromatic heterocycles. The topological polar surface area (TPSA) is 113 Å². The predicted molar refractivity (Wildman–Crippen MR) is 166 cm³/mol. The van der Waals surface area contributed by atoms with Crippen LogP contribution in [0.15, 0.2) is 96.4 Å². The average molecular weight is 609 g/mol. The zero-order valence-corrected chi connectivity index (χ0v) is 25.0. The Balaban J connectivity index is 1.42. The summed E-state index contributed by atoms with van der Waals surface area (Å²) in [6.45, 7) is 4.76. The number of allylic oxidation sites excluding steroid dienone is 1. The number of carbonyl (C=O) groups is 1. The van der Waals surface area contributed by atoms with Crippen LogP contribution in [0.1, 0.15) is 59.7 Å². The molecule has 5 rings (SSSR count). The summed E-state index contributed by atoms with van der Waals surface area (Å²) in [4.78, 5) is 13.1. The number of nitriles is 1. The fraction of sp³-hybridized carbons (Fsp3) is 0.222. The molecule has 1 unspecified atom stereocenters. The second-order valence-corrected chi connectivity index (χ2v) is 10.2. The van der Waals surface area contributed by atoms with Gasteiger partial charge < -0.3 is 29.4 Å². The summed E-state index contributed by atoms with van der Waals surface area (Å²) in [6, 6.07) is 25.7. The van der Waals surface area contributed by atoms with Crippen molar-refractivity contribution in [3.8, 4) is 34.8 Å². The number of ether oxygens (including phenoxy) is 5. The Kier molecular flexibility index (Phi) is 9.85. The van der Waals surface area contributed by atoms with Crippen molar-refractivity contribution in [2.24, 2.45) is 5.73 Å². The predicted octanol–water partition coefficient (Wildman–Crippen LogP) is 7.42. The lowest BCUT2D eigenvalue weighted by molar-refractivity contribution is 0.0730. The van der Waals surface area contributed by atoms with Crippen LogP contribution in [0, 0.1) is 17.1 Å². The first-order valence-corrected chi connectivity index (χ1v) is 14.7. The average Bonchev–Trinajstić information content (AvgIpc) is 3.04. The normalized spacial score (nSPS) is 13.7. The zero-order chi connectivity index (χ0) is 31.8. The number of para-hydroxylation sites is 1. The Morgan fingerprint density at radius 3 is 2.51 bits per heavy atom. The fourth-order valence-electron chi connectivity index (χ4n) is 4.95. The van der Waals surface area contributed by atoms with E-state index in [9.17, 15) is 14.4 Å². The van der Waals surface area contributed by atoms with Crippen LogP contribution >= 0.6 is 0 Å². The molecule has 1 aliphatic heterocycles. The molecule has 1 aliphatic rings. The third kappa shape index (κ3) is 7.02. The van der Waals surface area contributed by atoms with Crippen LogP contribution in [0.4, 0.5) is 4.39 Å². The molecule has 1 atom stereocenters. The molecule has 0 saturated carbocycles. The first-order chi connectivity index (χ1) is 21.9. The number of hydrogen-bond donors (Lipinski definition) is 1. The summed E-state index contributed by atoms with van der Waals surface area (Å²) in [6.07, 6.45) is 1.83. The first kappa shape index (κ1) is 31.0. The lowest BCUT2D eigenvalue weighted by Gasteiger charge is -2.27. The molecule has 0 bridgehead atoms. The molecule has 230 valence electrons. The smallest absolute Gasteiger partial charge is 0.347 e. The highest BCUT2D eigenvalue weighted by Gasteiger charge is 2.32. The van der Waals surface area contributed by atoms with E-state index in [0.29, 0.717) is 58.5 Å². The Labute approximate surface area is 261 Å². The van der Waals surface area contributed by atoms with Gasteiger partial charge in [0.1, 0.15) is 46.9 Å². The van der Waals surface area contributed by atoms with Crippen LogP contribution in [-0.2, 0) is 6.61 Å². The van der Waals surface area contributed by atoms with Crippen molar-refractivity contribution in [1.29, 1.82) is 5.26 Å². The highest BCUT2D eigenvalue weighted by molar-refractivity contribution is 5.94. The molecule has 0 fully saturated rings. The van der Waals surface area contributed by atoms with E-state index in [-0.39, 0.29) is 29.6 Å². The van der Waals surface area contributed by atoms with Gasteiger partial charge in [0, 0.05) is 17.2 Å². The summed E-state index contributed by atoms with van der Waals surface area (Å²) in [5.74, 6) is 0.272. The van der Waals surface area contributed by atoms with Gasteiger partial charge in [-0.05, 0) is 55.3 Å². The van der Waals surface area contributed by atoms with Gasteiger partial charge in [0.25, 0.3) is 0 Å². The van der Waals surface area contributed by atoms with Crippen LogP contribution < -0.4 is 29.4 Å². The van der Waals surface area contributed by atoms with Gasteiger partial charge in [-0.1, -0.05) is 55.8 Å². The van der Waals surface area contributed by atoms with Crippen molar-refractivity contribution in [2.75, 3.05) is 13.2 Å². The number of benzene rings is 4. The largest absolute Gasteiger partial charge is 0.493 e. The molecule has 0 aliphatic carbocycles. The van der Waals surface area contributed by atoms with Gasteiger partial charge in [0.05, 0.1) is 19.1 Å². The molecule has 45 heavy (non-hydrogen) atoms. The van der Waals surface area contributed by atoms with Gasteiger partial charge in [-0.15, -0.1) is 0 Å². The quantitative estimate of drug-likeness (QED) is 0.100. The Hall–Kier alpha value is -5.49. The summed E-state index contributed by atoms with van der Waals surface area (Å²) in [5, 5.41) is 10.0. The Bertz CT molecular complexity index is 1760. The second-order valence-electron chi connectivity index (χ2n) is 10.2. The minimum Gasteiger partial charge on any atom is -0.493 e. The van der Waals surface area contributed by atoms with E-state index in [2.05, 4.69) is 13.0 Å². The van der Waals surface area contributed by atoms with Gasteiger partial charge in [0.15, 0.2) is 11.5 Å². The van der Waals surface area contributed by atoms with Crippen molar-refractivity contribution in [3.05, 3.63) is 124 Å². The molecular formula is C36H33FN2O6. The van der Waals surface area contributed by atoms with E-state index in [0.717, 1.165) is 12.8 Å². The van der Waals surface area contributed by atoms with Gasteiger partial charge in [-0.25, -0.2) is 9.18 Å². The summed E-state index contributed by atoms with van der Waals surface area (Å²) >= 11 is 0. The van der Waals surface area contributed by atoms with Gasteiger partial charge in [0.2, 0.25) is 5.88 Å². The summed E-state index contributed by atoms with van der Waals surface area (Å²) in [7, 11) is 0. The lowest BCUT2D eigenvalue weighted by Crippen LogP contribution is -2.21. The minimum atomic E-state index is -0.601. The minimum absolute atomic E-state index is 0.0132. The number of rotatable bonds is 12. The van der Waals surface area contributed by atoms with E-state index >= 15 is 0 Å². The molecule has 4 aromatic carbocycles. The molecule has 8 nitrogen and oxygen atoms in total. The van der Waals surface area contributed by atoms with Crippen LogP contribution in [0.2, 0.25) is 0 Å². The molecular weight excluding hydrogens is 575 g/mol. The van der Waals surface area contributed by atoms with Crippen LogP contribution in [0.3, 0.4) is 0 Å². The summed E-state index contributed by atoms with van der Waals surface area (Å²) in [5.41, 5.74) is 8.50. The second kappa shape index (κ2) is 14.3. The van der Waals surface area contributed by atoms with Gasteiger partial charge >= 0.3 is 5.97 Å². The number of unbranched alkanes of at least 4 members (excludes halogenated alkanes) is 1. The number of nitrogens with two attached hydrogens (primary N) is 1.